The van der Waals surface area contributed by atoms with E-state index in [2.05, 4.69) is 0 Å². The number of amides is 2. The second-order valence-electron chi connectivity index (χ2n) is 8.56. The van der Waals surface area contributed by atoms with Crippen LogP contribution in [0.25, 0.3) is 0 Å². The Labute approximate surface area is 179 Å². The number of rotatable bonds is 8. The molecule has 30 heavy (non-hydrogen) atoms. The van der Waals surface area contributed by atoms with Gasteiger partial charge >= 0.3 is 11.9 Å². The molecule has 0 radical (unpaired) electrons. The molecule has 0 heterocycles. The first-order valence-electron chi connectivity index (χ1n) is 9.67. The summed E-state index contributed by atoms with van der Waals surface area (Å²) in [5, 5.41) is 7.00. The number of primary amides is 2. The number of esters is 2. The second-order valence-corrected chi connectivity index (χ2v) is 8.56. The average molecular weight is 436 g/mol. The number of carbonyl (C=O) groups excluding carboxylic acids is 4. The number of nitrogens with two attached hydrogens (primary N) is 3. The van der Waals surface area contributed by atoms with E-state index in [1.54, 1.807) is 27.7 Å². The van der Waals surface area contributed by atoms with Crippen molar-refractivity contribution in [3.05, 3.63) is 0 Å². The Morgan fingerprint density at radius 1 is 0.767 bits per heavy atom. The van der Waals surface area contributed by atoms with Crippen LogP contribution in [0.3, 0.4) is 0 Å². The molecule has 7 N–H and O–H groups in total. The number of hydrogen-bond acceptors (Lipinski definition) is 8. The van der Waals surface area contributed by atoms with E-state index in [1.165, 1.54) is 0 Å². The lowest BCUT2D eigenvalue weighted by molar-refractivity contribution is -0.156. The van der Waals surface area contributed by atoms with E-state index in [-0.39, 0.29) is 43.0 Å². The molecular weight excluding hydrogens is 394 g/mol. The van der Waals surface area contributed by atoms with Crippen LogP contribution >= 0.6 is 0 Å². The molecule has 0 spiro atoms. The van der Waals surface area contributed by atoms with Crippen molar-refractivity contribution in [2.75, 3.05) is 7.11 Å². The Hall–Kier alpha value is -2.20. The molecule has 0 saturated carbocycles. The molecule has 0 aromatic heterocycles. The van der Waals surface area contributed by atoms with Gasteiger partial charge in [0.05, 0.1) is 6.04 Å². The minimum absolute atomic E-state index is 0.112. The van der Waals surface area contributed by atoms with Crippen LogP contribution in [0, 0.1) is 5.92 Å². The van der Waals surface area contributed by atoms with Crippen molar-refractivity contribution in [2.24, 2.45) is 23.1 Å². The highest BCUT2D eigenvalue weighted by Crippen LogP contribution is 2.12. The maximum atomic E-state index is 11.2. The molecule has 2 amide bonds. The lowest BCUT2D eigenvalue weighted by Crippen LogP contribution is -2.37. The van der Waals surface area contributed by atoms with Gasteiger partial charge in [-0.2, -0.15) is 0 Å². The standard InChI is InChI=1S/C10H19NO3.C9H18N2O3.CH4O/c1-7(9(11)13)5-6-8(12)14-10(2,3)4;1-9(2,3)14-7(12)5-4-6(10)8(11)13;1-2/h7H,5-6H2,1-4H3,(H2,11,13);6H,4-5,10H2,1-3H3,(H2,11,13);2H,1H3/t7-;6-;/m00./s1. The number of carbonyl (C=O) groups is 4. The van der Waals surface area contributed by atoms with E-state index < -0.39 is 23.2 Å². The van der Waals surface area contributed by atoms with Crippen molar-refractivity contribution < 1.29 is 33.8 Å². The molecule has 0 saturated heterocycles. The topological polar surface area (TPSA) is 185 Å². The molecule has 10 heteroatoms. The maximum absolute atomic E-state index is 11.2. The molecule has 2 atom stereocenters. The lowest BCUT2D eigenvalue weighted by Gasteiger charge is -2.19. The van der Waals surface area contributed by atoms with Crippen LogP contribution < -0.4 is 17.2 Å². The van der Waals surface area contributed by atoms with Crippen molar-refractivity contribution in [2.45, 2.75) is 91.4 Å². The van der Waals surface area contributed by atoms with Crippen LogP contribution in [0.4, 0.5) is 0 Å². The summed E-state index contributed by atoms with van der Waals surface area (Å²) in [5.41, 5.74) is 14.4. The molecule has 10 nitrogen and oxygen atoms in total. The van der Waals surface area contributed by atoms with E-state index >= 15 is 0 Å². The van der Waals surface area contributed by atoms with Crippen molar-refractivity contribution in [3.8, 4) is 0 Å². The number of aliphatic hydroxyl groups is 1. The Bertz CT molecular complexity index is 489. The summed E-state index contributed by atoms with van der Waals surface area (Å²) in [5.74, 6) is -1.91. The molecule has 0 aliphatic rings. The van der Waals surface area contributed by atoms with Crippen molar-refractivity contribution in [1.82, 2.24) is 0 Å². The maximum Gasteiger partial charge on any atom is 0.306 e. The van der Waals surface area contributed by atoms with Gasteiger partial charge in [0.1, 0.15) is 11.2 Å². The zero-order chi connectivity index (χ0) is 24.7. The minimum Gasteiger partial charge on any atom is -0.460 e. The van der Waals surface area contributed by atoms with Gasteiger partial charge in [-0.3, -0.25) is 19.2 Å². The molecule has 0 aromatic rings. The summed E-state index contributed by atoms with van der Waals surface area (Å²) >= 11 is 0. The fourth-order valence-corrected chi connectivity index (χ4v) is 1.68. The first-order chi connectivity index (χ1) is 13.4. The molecule has 0 rings (SSSR count). The van der Waals surface area contributed by atoms with Gasteiger partial charge < -0.3 is 31.8 Å². The zero-order valence-electron chi connectivity index (χ0n) is 19.6. The summed E-state index contributed by atoms with van der Waals surface area (Å²) in [6.07, 6.45) is 1.03. The predicted octanol–water partition coefficient (Wildman–Crippen LogP) is 0.759. The highest BCUT2D eigenvalue weighted by Gasteiger charge is 2.19. The third kappa shape index (κ3) is 23.8. The largest absolute Gasteiger partial charge is 0.460 e. The van der Waals surface area contributed by atoms with Crippen LogP contribution in [0.2, 0.25) is 0 Å². The highest BCUT2D eigenvalue weighted by atomic mass is 16.6. The van der Waals surface area contributed by atoms with Crippen LogP contribution in [-0.2, 0) is 28.7 Å². The first kappa shape index (κ1) is 32.5. The van der Waals surface area contributed by atoms with Crippen molar-refractivity contribution in [1.29, 1.82) is 0 Å². The normalized spacial score (nSPS) is 12.7. The molecule has 0 unspecified atom stereocenters. The van der Waals surface area contributed by atoms with Gasteiger partial charge in [0.25, 0.3) is 0 Å². The Balaban J connectivity index is -0.000000448. The van der Waals surface area contributed by atoms with E-state index in [9.17, 15) is 19.2 Å². The fraction of sp³-hybridized carbons (Fsp3) is 0.800. The molecule has 0 aromatic carbocycles. The quantitative estimate of drug-likeness (QED) is 0.402. The van der Waals surface area contributed by atoms with Gasteiger partial charge in [-0.15, -0.1) is 0 Å². The van der Waals surface area contributed by atoms with Gasteiger partial charge in [0, 0.05) is 25.9 Å². The average Bonchev–Trinajstić information content (AvgIpc) is 2.56. The molecule has 0 aliphatic carbocycles. The Morgan fingerprint density at radius 3 is 1.37 bits per heavy atom. The summed E-state index contributed by atoms with van der Waals surface area (Å²) in [6.45, 7) is 12.5. The monoisotopic (exact) mass is 435 g/mol. The first-order valence-corrected chi connectivity index (χ1v) is 9.67. The Kier molecular flexibility index (Phi) is 16.9. The second kappa shape index (κ2) is 15.6. The minimum atomic E-state index is -0.775. The third-order valence-corrected chi connectivity index (χ3v) is 3.13. The lowest BCUT2D eigenvalue weighted by atomic mass is 10.1. The zero-order valence-corrected chi connectivity index (χ0v) is 19.6. The van der Waals surface area contributed by atoms with Crippen molar-refractivity contribution in [3.63, 3.8) is 0 Å². The van der Waals surface area contributed by atoms with Crippen LogP contribution in [0.1, 0.15) is 74.1 Å². The molecule has 0 bridgehead atoms. The molecule has 0 fully saturated rings. The van der Waals surface area contributed by atoms with Crippen LogP contribution in [0.5, 0.6) is 0 Å². The number of ether oxygens (including phenoxy) is 2. The van der Waals surface area contributed by atoms with E-state index in [1.807, 2.05) is 20.8 Å². The van der Waals surface area contributed by atoms with Gasteiger partial charge in [-0.1, -0.05) is 6.92 Å². The highest BCUT2D eigenvalue weighted by molar-refractivity contribution is 5.80. The fourth-order valence-electron chi connectivity index (χ4n) is 1.68. The van der Waals surface area contributed by atoms with E-state index in [0.717, 1.165) is 7.11 Å². The molecule has 0 aliphatic heterocycles. The third-order valence-electron chi connectivity index (χ3n) is 3.13. The molecular formula is C20H41N3O7. The molecule has 178 valence electrons. The SMILES string of the molecule is CC(C)(C)OC(=O)CC[C@H](N)C(N)=O.CO.C[C@@H](CCC(=O)OC(C)(C)C)C(N)=O. The van der Waals surface area contributed by atoms with Crippen LogP contribution in [0.15, 0.2) is 0 Å². The van der Waals surface area contributed by atoms with E-state index in [0.29, 0.717) is 6.42 Å². The van der Waals surface area contributed by atoms with Crippen LogP contribution in [-0.4, -0.2) is 53.2 Å². The van der Waals surface area contributed by atoms with Crippen molar-refractivity contribution >= 4 is 23.8 Å². The summed E-state index contributed by atoms with van der Waals surface area (Å²) in [7, 11) is 1.00. The van der Waals surface area contributed by atoms with Gasteiger partial charge in [0.15, 0.2) is 0 Å². The predicted molar refractivity (Wildman–Crippen MR) is 114 cm³/mol. The summed E-state index contributed by atoms with van der Waals surface area (Å²) < 4.78 is 10.1. The Morgan fingerprint density at radius 2 is 1.10 bits per heavy atom. The summed E-state index contributed by atoms with van der Waals surface area (Å²) in [6, 6.07) is -0.775. The smallest absolute Gasteiger partial charge is 0.306 e. The summed E-state index contributed by atoms with van der Waals surface area (Å²) in [4.78, 5) is 43.6. The number of aliphatic hydroxyl groups excluding tert-OH is 1. The van der Waals surface area contributed by atoms with Gasteiger partial charge in [-0.05, 0) is 54.4 Å². The number of hydrogen-bond donors (Lipinski definition) is 4. The van der Waals surface area contributed by atoms with E-state index in [4.69, 9.17) is 31.8 Å². The van der Waals surface area contributed by atoms with Gasteiger partial charge in [0.2, 0.25) is 11.8 Å². The van der Waals surface area contributed by atoms with Gasteiger partial charge in [-0.25, -0.2) is 0 Å².